The molecule has 3 N–H and O–H groups in total. The van der Waals surface area contributed by atoms with E-state index in [2.05, 4.69) is 10.6 Å². The van der Waals surface area contributed by atoms with Crippen LogP contribution in [-0.2, 0) is 4.79 Å². The molecule has 0 spiro atoms. The van der Waals surface area contributed by atoms with Gasteiger partial charge in [0, 0.05) is 11.7 Å². The summed E-state index contributed by atoms with van der Waals surface area (Å²) in [6.07, 6.45) is 2.64. The number of nitrogens with one attached hydrogen (secondary N) is 2. The van der Waals surface area contributed by atoms with Crippen LogP contribution in [0.4, 0.5) is 11.4 Å². The van der Waals surface area contributed by atoms with Gasteiger partial charge in [0.1, 0.15) is 0 Å². The minimum Gasteiger partial charge on any atom is -0.481 e. The summed E-state index contributed by atoms with van der Waals surface area (Å²) in [5.41, 5.74) is 2.27. The van der Waals surface area contributed by atoms with E-state index in [1.165, 1.54) is 0 Å². The van der Waals surface area contributed by atoms with Crippen LogP contribution in [0.15, 0.2) is 54.6 Å². The van der Waals surface area contributed by atoms with Crippen LogP contribution in [0.5, 0.6) is 0 Å². The molecule has 1 fully saturated rings. The molecule has 1 aliphatic carbocycles. The van der Waals surface area contributed by atoms with Gasteiger partial charge in [0.25, 0.3) is 5.91 Å². The summed E-state index contributed by atoms with van der Waals surface area (Å²) < 4.78 is 0. The number of carbonyl (C=O) groups is 2. The fourth-order valence-corrected chi connectivity index (χ4v) is 3.21. The number of carboxylic acid groups (broad SMARTS) is 1. The molecule has 0 bridgehead atoms. The van der Waals surface area contributed by atoms with Gasteiger partial charge in [-0.2, -0.15) is 0 Å². The normalized spacial score (nSPS) is 19.8. The molecule has 5 heteroatoms. The number of amides is 1. The lowest BCUT2D eigenvalue weighted by Gasteiger charge is -2.27. The van der Waals surface area contributed by atoms with E-state index in [0.717, 1.165) is 11.4 Å². The summed E-state index contributed by atoms with van der Waals surface area (Å²) in [5.74, 6) is -1.14. The highest BCUT2D eigenvalue weighted by Crippen LogP contribution is 2.26. The van der Waals surface area contributed by atoms with Crippen LogP contribution in [0.2, 0.25) is 0 Å². The van der Waals surface area contributed by atoms with Crippen molar-refractivity contribution in [1.29, 1.82) is 0 Å². The minimum absolute atomic E-state index is 0.0351. The third-order valence-electron chi connectivity index (χ3n) is 4.64. The Morgan fingerprint density at radius 3 is 2.20 bits per heavy atom. The van der Waals surface area contributed by atoms with E-state index in [-0.39, 0.29) is 17.9 Å². The molecule has 0 aromatic heterocycles. The van der Waals surface area contributed by atoms with Gasteiger partial charge in [0.05, 0.1) is 17.2 Å². The molecule has 1 amide bonds. The van der Waals surface area contributed by atoms with Crippen LogP contribution in [-0.4, -0.2) is 23.0 Å². The second-order valence-corrected chi connectivity index (χ2v) is 6.40. The summed E-state index contributed by atoms with van der Waals surface area (Å²) in [6, 6.07) is 17.1. The number of aliphatic carboxylic acids is 1. The van der Waals surface area contributed by atoms with Gasteiger partial charge in [-0.15, -0.1) is 0 Å². The highest BCUT2D eigenvalue weighted by atomic mass is 16.4. The van der Waals surface area contributed by atoms with E-state index in [4.69, 9.17) is 5.11 Å². The lowest BCUT2D eigenvalue weighted by atomic mass is 9.86. The van der Waals surface area contributed by atoms with Gasteiger partial charge in [-0.25, -0.2) is 0 Å². The van der Waals surface area contributed by atoms with Crippen LogP contribution in [0.3, 0.4) is 0 Å². The minimum atomic E-state index is -0.734. The maximum atomic E-state index is 12.7. The van der Waals surface area contributed by atoms with Crippen molar-refractivity contribution in [3.8, 4) is 0 Å². The van der Waals surface area contributed by atoms with Crippen molar-refractivity contribution in [2.45, 2.75) is 31.7 Å². The zero-order valence-electron chi connectivity index (χ0n) is 13.9. The number of anilines is 2. The first kappa shape index (κ1) is 17.0. The summed E-state index contributed by atoms with van der Waals surface area (Å²) in [4.78, 5) is 23.7. The fraction of sp³-hybridized carbons (Fsp3) is 0.300. The number of carboxylic acids is 1. The highest BCUT2D eigenvalue weighted by molar-refractivity contribution is 6.00. The molecule has 1 aliphatic rings. The molecule has 2 aromatic carbocycles. The Morgan fingerprint density at radius 1 is 0.880 bits per heavy atom. The second-order valence-electron chi connectivity index (χ2n) is 6.40. The maximum Gasteiger partial charge on any atom is 0.306 e. The van der Waals surface area contributed by atoms with Crippen LogP contribution < -0.4 is 10.6 Å². The number of rotatable bonds is 5. The van der Waals surface area contributed by atoms with Crippen molar-refractivity contribution in [2.75, 3.05) is 5.32 Å². The molecular formula is C20H22N2O3. The average Bonchev–Trinajstić information content (AvgIpc) is 2.63. The monoisotopic (exact) mass is 338 g/mol. The van der Waals surface area contributed by atoms with Gasteiger partial charge in [-0.3, -0.25) is 9.59 Å². The van der Waals surface area contributed by atoms with E-state index in [1.54, 1.807) is 6.07 Å². The van der Waals surface area contributed by atoms with Gasteiger partial charge in [-0.1, -0.05) is 30.3 Å². The quantitative estimate of drug-likeness (QED) is 0.775. The number of benzene rings is 2. The van der Waals surface area contributed by atoms with Gasteiger partial charge in [0.2, 0.25) is 0 Å². The van der Waals surface area contributed by atoms with Gasteiger partial charge in [0.15, 0.2) is 0 Å². The van der Waals surface area contributed by atoms with E-state index in [9.17, 15) is 9.59 Å². The first-order valence-electron chi connectivity index (χ1n) is 8.58. The molecule has 25 heavy (non-hydrogen) atoms. The zero-order chi connectivity index (χ0) is 17.6. The van der Waals surface area contributed by atoms with Gasteiger partial charge < -0.3 is 15.7 Å². The molecule has 0 radical (unpaired) electrons. The fourth-order valence-electron chi connectivity index (χ4n) is 3.21. The SMILES string of the molecule is O=C(NC1CCC(C(=O)O)CC1)c1ccccc1Nc1ccccc1. The molecule has 0 heterocycles. The first-order valence-corrected chi connectivity index (χ1v) is 8.58. The van der Waals surface area contributed by atoms with Crippen molar-refractivity contribution >= 4 is 23.3 Å². The molecule has 0 unspecified atom stereocenters. The Bertz CT molecular complexity index is 738. The Kier molecular flexibility index (Phi) is 5.33. The molecule has 2 aromatic rings. The van der Waals surface area contributed by atoms with E-state index in [0.29, 0.717) is 31.2 Å². The number of hydrogen-bond donors (Lipinski definition) is 3. The van der Waals surface area contributed by atoms with Gasteiger partial charge in [-0.05, 0) is 49.9 Å². The molecule has 5 nitrogen and oxygen atoms in total. The van der Waals surface area contributed by atoms with Crippen molar-refractivity contribution in [2.24, 2.45) is 5.92 Å². The molecule has 130 valence electrons. The van der Waals surface area contributed by atoms with Crippen molar-refractivity contribution in [3.63, 3.8) is 0 Å². The van der Waals surface area contributed by atoms with E-state index in [1.807, 2.05) is 48.5 Å². The first-order chi connectivity index (χ1) is 12.1. The van der Waals surface area contributed by atoms with Crippen molar-refractivity contribution in [3.05, 3.63) is 60.2 Å². The summed E-state index contributed by atoms with van der Waals surface area (Å²) in [5, 5.41) is 15.4. The Morgan fingerprint density at radius 2 is 1.52 bits per heavy atom. The van der Waals surface area contributed by atoms with Crippen molar-refractivity contribution in [1.82, 2.24) is 5.32 Å². The Hall–Kier alpha value is -2.82. The summed E-state index contributed by atoms with van der Waals surface area (Å²) >= 11 is 0. The third-order valence-corrected chi connectivity index (χ3v) is 4.64. The number of carbonyl (C=O) groups excluding carboxylic acids is 1. The maximum absolute atomic E-state index is 12.7. The molecular weight excluding hydrogens is 316 g/mol. The molecule has 1 saturated carbocycles. The number of hydrogen-bond acceptors (Lipinski definition) is 3. The second kappa shape index (κ2) is 7.83. The van der Waals surface area contributed by atoms with Crippen LogP contribution in [0.1, 0.15) is 36.0 Å². The molecule has 0 saturated heterocycles. The predicted octanol–water partition coefficient (Wildman–Crippen LogP) is 3.80. The highest BCUT2D eigenvalue weighted by Gasteiger charge is 2.27. The Labute approximate surface area is 147 Å². The smallest absolute Gasteiger partial charge is 0.306 e. The third kappa shape index (κ3) is 4.38. The van der Waals surface area contributed by atoms with Crippen molar-refractivity contribution < 1.29 is 14.7 Å². The van der Waals surface area contributed by atoms with Crippen LogP contribution >= 0.6 is 0 Å². The molecule has 3 rings (SSSR count). The summed E-state index contributed by atoms with van der Waals surface area (Å²) in [7, 11) is 0. The van der Waals surface area contributed by atoms with E-state index < -0.39 is 5.97 Å². The zero-order valence-corrected chi connectivity index (χ0v) is 13.9. The van der Waals surface area contributed by atoms with Gasteiger partial charge >= 0.3 is 5.97 Å². The largest absolute Gasteiger partial charge is 0.481 e. The van der Waals surface area contributed by atoms with Crippen LogP contribution in [0, 0.1) is 5.92 Å². The lowest BCUT2D eigenvalue weighted by Crippen LogP contribution is -2.38. The van der Waals surface area contributed by atoms with E-state index >= 15 is 0 Å². The average molecular weight is 338 g/mol. The molecule has 0 atom stereocenters. The van der Waals surface area contributed by atoms with Crippen LogP contribution in [0.25, 0.3) is 0 Å². The topological polar surface area (TPSA) is 78.4 Å². The standard InChI is InChI=1S/C20H22N2O3/c23-19(22-16-12-10-14(11-13-16)20(24)25)17-8-4-5-9-18(17)21-15-6-2-1-3-7-15/h1-9,14,16,21H,10-13H2,(H,22,23)(H,24,25). The Balaban J connectivity index is 1.66. The predicted molar refractivity (Wildman–Crippen MR) is 97.0 cm³/mol. The summed E-state index contributed by atoms with van der Waals surface area (Å²) in [6.45, 7) is 0. The molecule has 0 aliphatic heterocycles. The lowest BCUT2D eigenvalue weighted by molar-refractivity contribution is -0.142. The number of para-hydroxylation sites is 2.